The third kappa shape index (κ3) is 3.77. The summed E-state index contributed by atoms with van der Waals surface area (Å²) in [4.78, 5) is 4.52. The minimum absolute atomic E-state index is 0.430. The first-order valence-electron chi connectivity index (χ1n) is 7.44. The molecule has 1 N–H and O–H groups in total. The second kappa shape index (κ2) is 7.15. The summed E-state index contributed by atoms with van der Waals surface area (Å²) in [7, 11) is 0. The van der Waals surface area contributed by atoms with Gasteiger partial charge in [0, 0.05) is 51.7 Å². The van der Waals surface area contributed by atoms with Gasteiger partial charge in [-0.3, -0.25) is 0 Å². The van der Waals surface area contributed by atoms with E-state index in [0.717, 1.165) is 25.8 Å². The van der Waals surface area contributed by atoms with Crippen LogP contribution in [0.3, 0.4) is 0 Å². The monoisotopic (exact) mass is 283 g/mol. The highest BCUT2D eigenvalue weighted by molar-refractivity contribution is 5.03. The van der Waals surface area contributed by atoms with Crippen LogP contribution in [-0.4, -0.2) is 42.5 Å². The van der Waals surface area contributed by atoms with Gasteiger partial charge in [-0.25, -0.2) is 0 Å². The Kier molecular flexibility index (Phi) is 5.51. The Morgan fingerprint density at radius 1 is 1.35 bits per heavy atom. The van der Waals surface area contributed by atoms with Crippen molar-refractivity contribution in [2.45, 2.75) is 51.7 Å². The van der Waals surface area contributed by atoms with Crippen LogP contribution in [-0.2, 0) is 21.5 Å². The molecule has 1 fully saturated rings. The van der Waals surface area contributed by atoms with Crippen molar-refractivity contribution < 1.29 is 14.0 Å². The predicted octanol–water partition coefficient (Wildman–Crippen LogP) is 1.65. The molecule has 114 valence electrons. The van der Waals surface area contributed by atoms with Crippen molar-refractivity contribution in [3.8, 4) is 0 Å². The molecule has 1 aliphatic rings. The van der Waals surface area contributed by atoms with E-state index in [9.17, 15) is 0 Å². The minimum Gasteiger partial charge on any atom is -0.381 e. The van der Waals surface area contributed by atoms with Crippen molar-refractivity contribution in [3.63, 3.8) is 0 Å². The van der Waals surface area contributed by atoms with E-state index in [-0.39, 0.29) is 0 Å². The Morgan fingerprint density at radius 2 is 2.10 bits per heavy atom. The molecular formula is C14H25N3O3. The highest BCUT2D eigenvalue weighted by atomic mass is 16.5. The quantitative estimate of drug-likeness (QED) is 0.820. The fourth-order valence-electron chi connectivity index (χ4n) is 2.42. The summed E-state index contributed by atoms with van der Waals surface area (Å²) < 4.78 is 16.7. The second-order valence-corrected chi connectivity index (χ2v) is 5.41. The van der Waals surface area contributed by atoms with Crippen LogP contribution < -0.4 is 5.32 Å². The smallest absolute Gasteiger partial charge is 0.228 e. The molecule has 2 heterocycles. The number of hydrogen-bond acceptors (Lipinski definition) is 6. The van der Waals surface area contributed by atoms with Gasteiger partial charge in [-0.15, -0.1) is 0 Å². The zero-order valence-corrected chi connectivity index (χ0v) is 12.6. The Balaban J connectivity index is 2.01. The van der Waals surface area contributed by atoms with Crippen molar-refractivity contribution >= 4 is 0 Å². The highest BCUT2D eigenvalue weighted by Gasteiger charge is 2.39. The standard InChI is InChI=1S/C14H25N3O3/c1-4-19-14(6-9-18-10-7-14)13-16-12(20-17-13)5-8-15-11(2)3/h11,15H,4-10H2,1-3H3. The van der Waals surface area contributed by atoms with Gasteiger partial charge < -0.3 is 19.3 Å². The van der Waals surface area contributed by atoms with E-state index in [1.165, 1.54) is 0 Å². The molecule has 0 radical (unpaired) electrons. The maximum atomic E-state index is 5.93. The summed E-state index contributed by atoms with van der Waals surface area (Å²) in [5.41, 5.74) is -0.430. The SMILES string of the molecule is CCOC1(c2noc(CCNC(C)C)n2)CCOCC1. The number of hydrogen-bond donors (Lipinski definition) is 1. The van der Waals surface area contributed by atoms with Crippen LogP contribution in [0, 0.1) is 0 Å². The second-order valence-electron chi connectivity index (χ2n) is 5.41. The average molecular weight is 283 g/mol. The first-order chi connectivity index (χ1) is 9.66. The Labute approximate surface area is 120 Å². The molecule has 1 aromatic rings. The van der Waals surface area contributed by atoms with Crippen LogP contribution in [0.2, 0.25) is 0 Å². The van der Waals surface area contributed by atoms with Crippen LogP contribution in [0.4, 0.5) is 0 Å². The molecule has 6 heteroatoms. The molecular weight excluding hydrogens is 258 g/mol. The third-order valence-electron chi connectivity index (χ3n) is 3.49. The molecule has 0 aliphatic carbocycles. The van der Waals surface area contributed by atoms with E-state index in [0.29, 0.717) is 37.6 Å². The van der Waals surface area contributed by atoms with Gasteiger partial charge >= 0.3 is 0 Å². The molecule has 0 bridgehead atoms. The highest BCUT2D eigenvalue weighted by Crippen LogP contribution is 2.34. The summed E-state index contributed by atoms with van der Waals surface area (Å²) in [6, 6.07) is 0.461. The third-order valence-corrected chi connectivity index (χ3v) is 3.49. The average Bonchev–Trinajstić information content (AvgIpc) is 2.89. The van der Waals surface area contributed by atoms with Crippen LogP contribution in [0.5, 0.6) is 0 Å². The van der Waals surface area contributed by atoms with Crippen molar-refractivity contribution in [1.82, 2.24) is 15.5 Å². The topological polar surface area (TPSA) is 69.4 Å². The van der Waals surface area contributed by atoms with Gasteiger partial charge in [0.1, 0.15) is 5.60 Å². The molecule has 1 aromatic heterocycles. The van der Waals surface area contributed by atoms with Crippen molar-refractivity contribution in [1.29, 1.82) is 0 Å². The Morgan fingerprint density at radius 3 is 2.75 bits per heavy atom. The zero-order valence-electron chi connectivity index (χ0n) is 12.6. The van der Waals surface area contributed by atoms with E-state index in [1.807, 2.05) is 6.92 Å². The molecule has 1 saturated heterocycles. The molecule has 20 heavy (non-hydrogen) atoms. The molecule has 0 saturated carbocycles. The maximum Gasteiger partial charge on any atom is 0.228 e. The van der Waals surface area contributed by atoms with Gasteiger partial charge in [0.2, 0.25) is 11.7 Å². The molecule has 0 unspecified atom stereocenters. The molecule has 0 spiro atoms. The van der Waals surface area contributed by atoms with E-state index in [1.54, 1.807) is 0 Å². The van der Waals surface area contributed by atoms with E-state index in [4.69, 9.17) is 14.0 Å². The van der Waals surface area contributed by atoms with Gasteiger partial charge in [0.25, 0.3) is 0 Å². The van der Waals surface area contributed by atoms with Gasteiger partial charge in [-0.1, -0.05) is 19.0 Å². The van der Waals surface area contributed by atoms with E-state index >= 15 is 0 Å². The van der Waals surface area contributed by atoms with Crippen molar-refractivity contribution in [2.75, 3.05) is 26.4 Å². The van der Waals surface area contributed by atoms with Crippen LogP contribution in [0.25, 0.3) is 0 Å². The normalized spacial score (nSPS) is 18.6. The summed E-state index contributed by atoms with van der Waals surface area (Å²) in [6.45, 7) is 9.06. The Bertz CT molecular complexity index is 395. The summed E-state index contributed by atoms with van der Waals surface area (Å²) in [5, 5.41) is 7.47. The van der Waals surface area contributed by atoms with E-state index in [2.05, 4.69) is 29.3 Å². The maximum absolute atomic E-state index is 5.93. The van der Waals surface area contributed by atoms with Gasteiger partial charge in [-0.05, 0) is 6.92 Å². The Hall–Kier alpha value is -0.980. The van der Waals surface area contributed by atoms with Gasteiger partial charge in [0.15, 0.2) is 0 Å². The van der Waals surface area contributed by atoms with Gasteiger partial charge in [0.05, 0.1) is 0 Å². The number of aromatic nitrogens is 2. The first kappa shape index (κ1) is 15.4. The number of ether oxygens (including phenoxy) is 2. The zero-order chi connectivity index (χ0) is 14.4. The minimum atomic E-state index is -0.430. The number of nitrogens with zero attached hydrogens (tertiary/aromatic N) is 2. The van der Waals surface area contributed by atoms with Crippen molar-refractivity contribution in [3.05, 3.63) is 11.7 Å². The lowest BCUT2D eigenvalue weighted by Crippen LogP contribution is -2.37. The van der Waals surface area contributed by atoms with Crippen molar-refractivity contribution in [2.24, 2.45) is 0 Å². The lowest BCUT2D eigenvalue weighted by Gasteiger charge is -2.33. The summed E-state index contributed by atoms with van der Waals surface area (Å²) in [6.07, 6.45) is 2.30. The molecule has 0 amide bonds. The lowest BCUT2D eigenvalue weighted by molar-refractivity contribution is -0.118. The first-order valence-corrected chi connectivity index (χ1v) is 7.44. The summed E-state index contributed by atoms with van der Waals surface area (Å²) in [5.74, 6) is 1.33. The van der Waals surface area contributed by atoms with Crippen LogP contribution in [0.15, 0.2) is 4.52 Å². The fourth-order valence-corrected chi connectivity index (χ4v) is 2.42. The van der Waals surface area contributed by atoms with Crippen LogP contribution >= 0.6 is 0 Å². The summed E-state index contributed by atoms with van der Waals surface area (Å²) >= 11 is 0. The molecule has 2 rings (SSSR count). The largest absolute Gasteiger partial charge is 0.381 e. The lowest BCUT2D eigenvalue weighted by atomic mass is 9.93. The number of nitrogens with one attached hydrogen (secondary N) is 1. The van der Waals surface area contributed by atoms with E-state index < -0.39 is 5.60 Å². The number of rotatable bonds is 7. The predicted molar refractivity (Wildman–Crippen MR) is 74.5 cm³/mol. The molecule has 0 aromatic carbocycles. The van der Waals surface area contributed by atoms with Gasteiger partial charge in [-0.2, -0.15) is 4.98 Å². The molecule has 6 nitrogen and oxygen atoms in total. The molecule has 1 aliphatic heterocycles. The van der Waals surface area contributed by atoms with Crippen LogP contribution in [0.1, 0.15) is 45.3 Å². The molecule has 0 atom stereocenters. The fraction of sp³-hybridized carbons (Fsp3) is 0.857.